The van der Waals surface area contributed by atoms with Gasteiger partial charge in [-0.25, -0.2) is 9.97 Å². The van der Waals surface area contributed by atoms with Gasteiger partial charge in [0.15, 0.2) is 0 Å². The van der Waals surface area contributed by atoms with Crippen molar-refractivity contribution in [3.63, 3.8) is 0 Å². The Balaban J connectivity index is 1.28. The molecule has 0 spiro atoms. The minimum Gasteiger partial charge on any atom is -0.322 e. The molecular weight excluding hydrogens is 438 g/mol. The molecule has 4 heterocycles. The molecule has 3 aromatic heterocycles. The molecule has 176 valence electrons. The number of likely N-dealkylation sites (tertiary alicyclic amines) is 1. The number of pyridine rings is 2. The maximum absolute atomic E-state index is 12.9. The van der Waals surface area contributed by atoms with Crippen LogP contribution in [0.1, 0.15) is 34.0 Å². The van der Waals surface area contributed by atoms with E-state index in [2.05, 4.69) is 54.6 Å². The van der Waals surface area contributed by atoms with E-state index in [1.807, 2.05) is 43.3 Å². The topological polar surface area (TPSA) is 95.9 Å². The lowest BCUT2D eigenvalue weighted by atomic mass is 9.97. The van der Waals surface area contributed by atoms with Crippen molar-refractivity contribution in [3.8, 4) is 11.3 Å². The van der Waals surface area contributed by atoms with Crippen LogP contribution in [-0.4, -0.2) is 50.9 Å². The zero-order valence-corrected chi connectivity index (χ0v) is 19.8. The van der Waals surface area contributed by atoms with E-state index in [0.717, 1.165) is 36.5 Å². The second kappa shape index (κ2) is 9.99. The predicted molar refractivity (Wildman–Crippen MR) is 137 cm³/mol. The molecule has 8 nitrogen and oxygen atoms in total. The van der Waals surface area contributed by atoms with Gasteiger partial charge in [-0.2, -0.15) is 0 Å². The Bertz CT molecular complexity index is 1330. The van der Waals surface area contributed by atoms with E-state index >= 15 is 0 Å². The maximum atomic E-state index is 12.9. The fourth-order valence-electron chi connectivity index (χ4n) is 4.26. The van der Waals surface area contributed by atoms with E-state index in [1.165, 1.54) is 5.56 Å². The summed E-state index contributed by atoms with van der Waals surface area (Å²) in [6.45, 7) is 4.06. The lowest BCUT2D eigenvalue weighted by molar-refractivity contribution is 0.102. The van der Waals surface area contributed by atoms with Gasteiger partial charge in [-0.15, -0.1) is 0 Å². The van der Waals surface area contributed by atoms with Crippen LogP contribution in [0.4, 0.5) is 17.3 Å². The van der Waals surface area contributed by atoms with Crippen molar-refractivity contribution >= 4 is 23.2 Å². The van der Waals surface area contributed by atoms with Crippen molar-refractivity contribution in [1.29, 1.82) is 0 Å². The molecular formula is C27H27N7O. The van der Waals surface area contributed by atoms with E-state index < -0.39 is 0 Å². The smallest absolute Gasteiger partial charge is 0.255 e. The summed E-state index contributed by atoms with van der Waals surface area (Å²) in [5.41, 5.74) is 5.63. The van der Waals surface area contributed by atoms with E-state index in [1.54, 1.807) is 24.8 Å². The Labute approximate surface area is 204 Å². The third kappa shape index (κ3) is 5.33. The number of hydrogen-bond donors (Lipinski definition) is 2. The molecule has 1 amide bonds. The summed E-state index contributed by atoms with van der Waals surface area (Å²) in [6.07, 6.45) is 7.98. The number of hydrogen-bond acceptors (Lipinski definition) is 7. The number of likely N-dealkylation sites (N-methyl/N-ethyl adjacent to an activating group) is 1. The van der Waals surface area contributed by atoms with Crippen molar-refractivity contribution in [2.24, 2.45) is 0 Å². The van der Waals surface area contributed by atoms with Gasteiger partial charge in [-0.1, -0.05) is 12.1 Å². The second-order valence-electron chi connectivity index (χ2n) is 8.81. The van der Waals surface area contributed by atoms with Gasteiger partial charge in [0.1, 0.15) is 0 Å². The number of carbonyl (C=O) groups is 1. The number of benzene rings is 1. The Morgan fingerprint density at radius 3 is 2.66 bits per heavy atom. The Kier molecular flexibility index (Phi) is 6.45. The van der Waals surface area contributed by atoms with Crippen molar-refractivity contribution in [3.05, 3.63) is 90.1 Å². The van der Waals surface area contributed by atoms with Gasteiger partial charge in [-0.05, 0) is 74.8 Å². The SMILES string of the molecule is Cc1ncc(NC(=O)c2ccc(C3CCN(C)C3)cc2)cc1Nc1nccc(-c2cccnc2)n1. The largest absolute Gasteiger partial charge is 0.322 e. The highest BCUT2D eigenvalue weighted by molar-refractivity contribution is 6.04. The molecule has 1 aromatic carbocycles. The molecule has 1 unspecified atom stereocenters. The highest BCUT2D eigenvalue weighted by atomic mass is 16.1. The number of aryl methyl sites for hydroxylation is 1. The molecule has 5 rings (SSSR count). The summed E-state index contributed by atoms with van der Waals surface area (Å²) >= 11 is 0. The van der Waals surface area contributed by atoms with Crippen LogP contribution in [0.2, 0.25) is 0 Å². The second-order valence-corrected chi connectivity index (χ2v) is 8.81. The lowest BCUT2D eigenvalue weighted by Gasteiger charge is -2.13. The molecule has 8 heteroatoms. The van der Waals surface area contributed by atoms with Gasteiger partial charge in [0, 0.05) is 36.3 Å². The first-order valence-electron chi connectivity index (χ1n) is 11.6. The molecule has 0 saturated carbocycles. The normalized spacial score (nSPS) is 15.7. The highest BCUT2D eigenvalue weighted by Gasteiger charge is 2.21. The third-order valence-electron chi connectivity index (χ3n) is 6.24. The summed E-state index contributed by atoms with van der Waals surface area (Å²) in [5.74, 6) is 0.797. The molecule has 1 aliphatic heterocycles. The van der Waals surface area contributed by atoms with Gasteiger partial charge in [0.05, 0.1) is 29.0 Å². The highest BCUT2D eigenvalue weighted by Crippen LogP contribution is 2.27. The Morgan fingerprint density at radius 1 is 1.06 bits per heavy atom. The van der Waals surface area contributed by atoms with Crippen LogP contribution in [0.15, 0.2) is 73.3 Å². The van der Waals surface area contributed by atoms with E-state index in [9.17, 15) is 4.79 Å². The van der Waals surface area contributed by atoms with Crippen molar-refractivity contribution in [1.82, 2.24) is 24.8 Å². The molecule has 0 radical (unpaired) electrons. The van der Waals surface area contributed by atoms with E-state index in [4.69, 9.17) is 0 Å². The zero-order valence-electron chi connectivity index (χ0n) is 19.8. The predicted octanol–water partition coefficient (Wildman–Crippen LogP) is 4.66. The quantitative estimate of drug-likeness (QED) is 0.428. The fraction of sp³-hybridized carbons (Fsp3) is 0.222. The molecule has 0 bridgehead atoms. The van der Waals surface area contributed by atoms with Crippen LogP contribution in [-0.2, 0) is 0 Å². The van der Waals surface area contributed by atoms with E-state index in [0.29, 0.717) is 28.8 Å². The third-order valence-corrected chi connectivity index (χ3v) is 6.24. The molecule has 35 heavy (non-hydrogen) atoms. The molecule has 1 fully saturated rings. The first-order valence-corrected chi connectivity index (χ1v) is 11.6. The summed E-state index contributed by atoms with van der Waals surface area (Å²) in [7, 11) is 2.14. The average molecular weight is 466 g/mol. The summed E-state index contributed by atoms with van der Waals surface area (Å²) in [6, 6.07) is 15.4. The molecule has 2 N–H and O–H groups in total. The number of rotatable bonds is 6. The minimum absolute atomic E-state index is 0.175. The van der Waals surface area contributed by atoms with Gasteiger partial charge in [-0.3, -0.25) is 14.8 Å². The van der Waals surface area contributed by atoms with Gasteiger partial charge in [0.25, 0.3) is 5.91 Å². The fourth-order valence-corrected chi connectivity index (χ4v) is 4.26. The van der Waals surface area contributed by atoms with Gasteiger partial charge >= 0.3 is 0 Å². The Morgan fingerprint density at radius 2 is 1.91 bits per heavy atom. The van der Waals surface area contributed by atoms with Crippen LogP contribution in [0.25, 0.3) is 11.3 Å². The maximum Gasteiger partial charge on any atom is 0.255 e. The lowest BCUT2D eigenvalue weighted by Crippen LogP contribution is -2.14. The molecule has 1 saturated heterocycles. The first kappa shape index (κ1) is 22.6. The van der Waals surface area contributed by atoms with E-state index in [-0.39, 0.29) is 5.91 Å². The number of carbonyl (C=O) groups excluding carboxylic acids is 1. The van der Waals surface area contributed by atoms with Crippen LogP contribution in [0.5, 0.6) is 0 Å². The monoisotopic (exact) mass is 465 g/mol. The van der Waals surface area contributed by atoms with Gasteiger partial charge < -0.3 is 15.5 Å². The summed E-state index contributed by atoms with van der Waals surface area (Å²) < 4.78 is 0. The number of nitrogens with one attached hydrogen (secondary N) is 2. The molecule has 0 aliphatic carbocycles. The van der Waals surface area contributed by atoms with Crippen molar-refractivity contribution in [2.45, 2.75) is 19.3 Å². The van der Waals surface area contributed by atoms with Crippen molar-refractivity contribution < 1.29 is 4.79 Å². The van der Waals surface area contributed by atoms with Crippen LogP contribution < -0.4 is 10.6 Å². The number of amides is 1. The number of anilines is 3. The van der Waals surface area contributed by atoms with Crippen LogP contribution in [0.3, 0.4) is 0 Å². The number of nitrogens with zero attached hydrogens (tertiary/aromatic N) is 5. The summed E-state index contributed by atoms with van der Waals surface area (Å²) in [4.78, 5) is 32.7. The first-order chi connectivity index (χ1) is 17.0. The van der Waals surface area contributed by atoms with Crippen LogP contribution in [0, 0.1) is 6.92 Å². The standard InChI is InChI=1S/C27H27N7O/c1-18-25(33-27-29-12-9-24(32-27)21-4-3-11-28-15-21)14-23(16-30-18)31-26(35)20-7-5-19(6-8-20)22-10-13-34(2)17-22/h3-9,11-12,14-16,22H,10,13,17H2,1-2H3,(H,31,35)(H,29,32,33). The van der Waals surface area contributed by atoms with Gasteiger partial charge in [0.2, 0.25) is 5.95 Å². The average Bonchev–Trinajstić information content (AvgIpc) is 3.33. The minimum atomic E-state index is -0.175. The Hall–Kier alpha value is -4.17. The zero-order chi connectivity index (χ0) is 24.2. The summed E-state index contributed by atoms with van der Waals surface area (Å²) in [5, 5.41) is 6.16. The van der Waals surface area contributed by atoms with Crippen LogP contribution >= 0.6 is 0 Å². The van der Waals surface area contributed by atoms with Crippen molar-refractivity contribution in [2.75, 3.05) is 30.8 Å². The molecule has 1 atom stereocenters. The molecule has 1 aliphatic rings. The number of aromatic nitrogens is 4. The molecule has 4 aromatic rings.